The average Bonchev–Trinajstić information content (AvgIpc) is 2.78. The summed E-state index contributed by atoms with van der Waals surface area (Å²) in [5.41, 5.74) is 3.60. The first kappa shape index (κ1) is 26.0. The first-order chi connectivity index (χ1) is 14.1. The van der Waals surface area contributed by atoms with Gasteiger partial charge in [-0.25, -0.2) is 0 Å². The van der Waals surface area contributed by atoms with E-state index in [9.17, 15) is 0 Å². The number of benzene rings is 2. The Hall–Kier alpha value is -2.00. The summed E-state index contributed by atoms with van der Waals surface area (Å²) in [4.78, 5) is 6.72. The number of methoxy groups -OCH3 is 2. The maximum atomic E-state index is 5.45. The number of nitrogens with zero attached hydrogens (tertiary/aromatic N) is 2. The summed E-state index contributed by atoms with van der Waals surface area (Å²) in [5, 5.41) is 6.69. The van der Waals surface area contributed by atoms with E-state index in [1.807, 2.05) is 18.2 Å². The third-order valence-electron chi connectivity index (χ3n) is 4.95. The molecule has 0 spiro atoms. The van der Waals surface area contributed by atoms with E-state index in [2.05, 4.69) is 58.6 Å². The molecule has 0 fully saturated rings. The van der Waals surface area contributed by atoms with Gasteiger partial charge in [-0.1, -0.05) is 38.1 Å². The maximum absolute atomic E-state index is 5.45. The summed E-state index contributed by atoms with van der Waals surface area (Å²) in [6.07, 6.45) is 0. The molecule has 0 radical (unpaired) electrons. The van der Waals surface area contributed by atoms with Crippen LogP contribution in [0.3, 0.4) is 0 Å². The van der Waals surface area contributed by atoms with E-state index in [0.717, 1.165) is 42.7 Å². The van der Waals surface area contributed by atoms with Gasteiger partial charge in [-0.05, 0) is 36.3 Å². The topological polar surface area (TPSA) is 58.1 Å². The molecule has 0 atom stereocenters. The van der Waals surface area contributed by atoms with Crippen LogP contribution >= 0.6 is 24.0 Å². The lowest BCUT2D eigenvalue weighted by Gasteiger charge is -2.18. The van der Waals surface area contributed by atoms with E-state index >= 15 is 0 Å². The minimum Gasteiger partial charge on any atom is -0.497 e. The van der Waals surface area contributed by atoms with Crippen LogP contribution in [0.2, 0.25) is 0 Å². The van der Waals surface area contributed by atoms with Crippen LogP contribution < -0.4 is 20.1 Å². The summed E-state index contributed by atoms with van der Waals surface area (Å²) < 4.78 is 10.7. The van der Waals surface area contributed by atoms with Crippen molar-refractivity contribution in [3.8, 4) is 11.5 Å². The average molecular weight is 526 g/mol. The first-order valence-electron chi connectivity index (χ1n) is 10.1. The molecule has 2 rings (SSSR count). The van der Waals surface area contributed by atoms with Gasteiger partial charge in [0, 0.05) is 38.3 Å². The highest BCUT2D eigenvalue weighted by Gasteiger charge is 2.07. The largest absolute Gasteiger partial charge is 0.497 e. The van der Waals surface area contributed by atoms with Crippen LogP contribution in [-0.2, 0) is 19.6 Å². The molecule has 0 heterocycles. The molecular formula is C23H35IN4O2. The third kappa shape index (κ3) is 8.02. The molecule has 0 aliphatic heterocycles. The molecule has 2 aromatic carbocycles. The molecule has 2 aromatic rings. The van der Waals surface area contributed by atoms with Crippen LogP contribution in [0.1, 0.15) is 30.5 Å². The van der Waals surface area contributed by atoms with Gasteiger partial charge in [0.25, 0.3) is 0 Å². The first-order valence-corrected chi connectivity index (χ1v) is 10.1. The Morgan fingerprint density at radius 3 is 2.10 bits per heavy atom. The second-order valence-corrected chi connectivity index (χ2v) is 6.73. The van der Waals surface area contributed by atoms with Crippen LogP contribution in [0.25, 0.3) is 0 Å². The lowest BCUT2D eigenvalue weighted by molar-refractivity contribution is 0.296. The van der Waals surface area contributed by atoms with Crippen LogP contribution in [0.4, 0.5) is 0 Å². The van der Waals surface area contributed by atoms with Crippen molar-refractivity contribution in [1.29, 1.82) is 0 Å². The lowest BCUT2D eigenvalue weighted by Crippen LogP contribution is -2.36. The maximum Gasteiger partial charge on any atom is 0.191 e. The predicted octanol–water partition coefficient (Wildman–Crippen LogP) is 4.03. The van der Waals surface area contributed by atoms with E-state index in [1.54, 1.807) is 21.3 Å². The van der Waals surface area contributed by atoms with Crippen molar-refractivity contribution in [1.82, 2.24) is 15.5 Å². The summed E-state index contributed by atoms with van der Waals surface area (Å²) in [6.45, 7) is 8.85. The quantitative estimate of drug-likeness (QED) is 0.278. The van der Waals surface area contributed by atoms with E-state index < -0.39 is 0 Å². The summed E-state index contributed by atoms with van der Waals surface area (Å²) in [5.74, 6) is 2.31. The highest BCUT2D eigenvalue weighted by molar-refractivity contribution is 14.0. The fraction of sp³-hybridized carbons (Fsp3) is 0.435. The second-order valence-electron chi connectivity index (χ2n) is 6.73. The fourth-order valence-electron chi connectivity index (χ4n) is 3.05. The van der Waals surface area contributed by atoms with Gasteiger partial charge in [-0.3, -0.25) is 9.89 Å². The Labute approximate surface area is 198 Å². The highest BCUT2D eigenvalue weighted by Crippen LogP contribution is 2.24. The second kappa shape index (κ2) is 14.1. The summed E-state index contributed by atoms with van der Waals surface area (Å²) in [6, 6.07) is 14.5. The van der Waals surface area contributed by atoms with Crippen molar-refractivity contribution in [3.05, 3.63) is 59.2 Å². The Bertz CT molecular complexity index is 777. The smallest absolute Gasteiger partial charge is 0.191 e. The zero-order valence-electron chi connectivity index (χ0n) is 18.7. The molecule has 0 saturated carbocycles. The number of hydrogen-bond donors (Lipinski definition) is 2. The standard InChI is InChI=1S/C23H34N4O2.HI/c1-6-27(7-2)17-19-10-8-18(9-11-19)15-25-23(24-3)26-16-20-12-13-21(28-4)14-22(20)29-5;/h8-14H,6-7,15-17H2,1-5H3,(H2,24,25,26);1H. The van der Waals surface area contributed by atoms with Crippen molar-refractivity contribution in [3.63, 3.8) is 0 Å². The van der Waals surface area contributed by atoms with Gasteiger partial charge in [-0.2, -0.15) is 0 Å². The Kier molecular flexibility index (Phi) is 12.2. The molecule has 0 aliphatic carbocycles. The molecule has 0 aliphatic rings. The summed E-state index contributed by atoms with van der Waals surface area (Å²) >= 11 is 0. The molecule has 0 bridgehead atoms. The fourth-order valence-corrected chi connectivity index (χ4v) is 3.05. The predicted molar refractivity (Wildman–Crippen MR) is 135 cm³/mol. The van der Waals surface area contributed by atoms with E-state index in [4.69, 9.17) is 9.47 Å². The number of guanidine groups is 1. The zero-order valence-corrected chi connectivity index (χ0v) is 21.0. The van der Waals surface area contributed by atoms with Crippen LogP contribution in [0, 0.1) is 0 Å². The summed E-state index contributed by atoms with van der Waals surface area (Å²) in [7, 11) is 5.08. The molecule has 0 unspecified atom stereocenters. The SMILES string of the molecule is CCN(CC)Cc1ccc(CNC(=NC)NCc2ccc(OC)cc2OC)cc1.I. The number of ether oxygens (including phenoxy) is 2. The van der Waals surface area contributed by atoms with Crippen LogP contribution in [-0.4, -0.2) is 45.2 Å². The molecular weight excluding hydrogens is 491 g/mol. The lowest BCUT2D eigenvalue weighted by atomic mass is 10.1. The number of aliphatic imine (C=N–C) groups is 1. The molecule has 2 N–H and O–H groups in total. The van der Waals surface area contributed by atoms with Gasteiger partial charge in [0.05, 0.1) is 14.2 Å². The van der Waals surface area contributed by atoms with Crippen molar-refractivity contribution >= 4 is 29.9 Å². The number of nitrogens with one attached hydrogen (secondary N) is 2. The Morgan fingerprint density at radius 1 is 0.900 bits per heavy atom. The minimum absolute atomic E-state index is 0. The Morgan fingerprint density at radius 2 is 1.53 bits per heavy atom. The van der Waals surface area contributed by atoms with Crippen molar-refractivity contribution < 1.29 is 9.47 Å². The van der Waals surface area contributed by atoms with E-state index in [-0.39, 0.29) is 24.0 Å². The van der Waals surface area contributed by atoms with E-state index in [1.165, 1.54) is 11.1 Å². The molecule has 0 aromatic heterocycles. The molecule has 0 amide bonds. The third-order valence-corrected chi connectivity index (χ3v) is 4.95. The molecule has 166 valence electrons. The van der Waals surface area contributed by atoms with Crippen LogP contribution in [0.5, 0.6) is 11.5 Å². The zero-order chi connectivity index (χ0) is 21.1. The van der Waals surface area contributed by atoms with E-state index in [0.29, 0.717) is 13.1 Å². The highest BCUT2D eigenvalue weighted by atomic mass is 127. The van der Waals surface area contributed by atoms with Crippen LogP contribution in [0.15, 0.2) is 47.5 Å². The number of rotatable bonds is 10. The van der Waals surface area contributed by atoms with Gasteiger partial charge in [0.1, 0.15) is 11.5 Å². The molecule has 30 heavy (non-hydrogen) atoms. The van der Waals surface area contributed by atoms with Gasteiger partial charge < -0.3 is 20.1 Å². The van der Waals surface area contributed by atoms with Crippen molar-refractivity contribution in [2.24, 2.45) is 4.99 Å². The van der Waals surface area contributed by atoms with Crippen molar-refractivity contribution in [2.45, 2.75) is 33.5 Å². The van der Waals surface area contributed by atoms with Crippen molar-refractivity contribution in [2.75, 3.05) is 34.4 Å². The van der Waals surface area contributed by atoms with Gasteiger partial charge in [0.15, 0.2) is 5.96 Å². The molecule has 6 nitrogen and oxygen atoms in total. The Balaban J connectivity index is 0.00000450. The monoisotopic (exact) mass is 526 g/mol. The molecule has 0 saturated heterocycles. The van der Waals surface area contributed by atoms with Gasteiger partial charge in [0.2, 0.25) is 0 Å². The number of halogens is 1. The van der Waals surface area contributed by atoms with Gasteiger partial charge in [-0.15, -0.1) is 24.0 Å². The van der Waals surface area contributed by atoms with Gasteiger partial charge >= 0.3 is 0 Å². The molecule has 7 heteroatoms. The minimum atomic E-state index is 0. The normalized spacial score (nSPS) is 11.1. The number of hydrogen-bond acceptors (Lipinski definition) is 4.